The van der Waals surface area contributed by atoms with Crippen LogP contribution in [0.25, 0.3) is 10.9 Å². The molecule has 0 saturated carbocycles. The first kappa shape index (κ1) is 12.1. The molecule has 0 bridgehead atoms. The Labute approximate surface area is 113 Å². The van der Waals surface area contributed by atoms with Crippen LogP contribution in [0.4, 0.5) is 0 Å². The molecule has 1 aromatic carbocycles. The van der Waals surface area contributed by atoms with E-state index in [-0.39, 0.29) is 6.04 Å². The van der Waals surface area contributed by atoms with Crippen LogP contribution in [0.5, 0.6) is 0 Å². The lowest BCUT2D eigenvalue weighted by Crippen LogP contribution is -2.37. The van der Waals surface area contributed by atoms with Gasteiger partial charge in [0.05, 0.1) is 17.6 Å². The van der Waals surface area contributed by atoms with Crippen LogP contribution >= 0.6 is 0 Å². The van der Waals surface area contributed by atoms with Gasteiger partial charge in [-0.25, -0.2) is 0 Å². The zero-order chi connectivity index (χ0) is 13.1. The third kappa shape index (κ3) is 2.59. The van der Waals surface area contributed by atoms with Gasteiger partial charge < -0.3 is 0 Å². The molecule has 1 aliphatic rings. The van der Waals surface area contributed by atoms with Crippen LogP contribution in [-0.4, -0.2) is 22.5 Å². The van der Waals surface area contributed by atoms with E-state index in [4.69, 9.17) is 0 Å². The molecule has 0 radical (unpaired) electrons. The van der Waals surface area contributed by atoms with Crippen molar-refractivity contribution < 1.29 is 0 Å². The summed E-state index contributed by atoms with van der Waals surface area (Å²) in [6.45, 7) is 1.90. The lowest BCUT2D eigenvalue weighted by atomic mass is 10.0. The summed E-state index contributed by atoms with van der Waals surface area (Å²) < 4.78 is 0. The van der Waals surface area contributed by atoms with E-state index < -0.39 is 0 Å². The first-order valence-corrected chi connectivity index (χ1v) is 6.84. The Hall–Kier alpha value is -1.92. The number of hydrogen-bond donors (Lipinski definition) is 0. The normalized spacial score (nSPS) is 20.3. The molecule has 1 aromatic heterocycles. The van der Waals surface area contributed by atoms with Gasteiger partial charge in [0, 0.05) is 18.1 Å². The standard InChI is InChI=1S/C16H17N3/c17-11-15-5-1-2-9-19(15)12-13-6-7-16-14(10-13)4-3-8-18-16/h3-4,6-8,10,15H,1-2,5,9,12H2. The third-order valence-electron chi connectivity index (χ3n) is 3.82. The minimum Gasteiger partial charge on any atom is -0.284 e. The van der Waals surface area contributed by atoms with Gasteiger partial charge in [0.25, 0.3) is 0 Å². The Morgan fingerprint density at radius 1 is 1.32 bits per heavy atom. The van der Waals surface area contributed by atoms with Gasteiger partial charge in [-0.15, -0.1) is 0 Å². The number of piperidine rings is 1. The highest BCUT2D eigenvalue weighted by molar-refractivity contribution is 5.78. The molecule has 3 heteroatoms. The topological polar surface area (TPSA) is 39.9 Å². The smallest absolute Gasteiger partial charge is 0.0980 e. The maximum atomic E-state index is 9.21. The third-order valence-corrected chi connectivity index (χ3v) is 3.82. The van der Waals surface area contributed by atoms with E-state index in [0.29, 0.717) is 0 Å². The van der Waals surface area contributed by atoms with Gasteiger partial charge in [0.15, 0.2) is 0 Å². The number of rotatable bonds is 2. The average Bonchev–Trinajstić information content (AvgIpc) is 2.48. The number of benzene rings is 1. The predicted octanol–water partition coefficient (Wildman–Crippen LogP) is 3.11. The van der Waals surface area contributed by atoms with Crippen molar-refractivity contribution in [2.75, 3.05) is 6.54 Å². The fraction of sp³-hybridized carbons (Fsp3) is 0.375. The van der Waals surface area contributed by atoms with Crippen LogP contribution in [0, 0.1) is 11.3 Å². The van der Waals surface area contributed by atoms with Gasteiger partial charge in [-0.3, -0.25) is 9.88 Å². The quantitative estimate of drug-likeness (QED) is 0.823. The van der Waals surface area contributed by atoms with E-state index in [0.717, 1.165) is 25.0 Å². The van der Waals surface area contributed by atoms with Crippen molar-refractivity contribution >= 4 is 10.9 Å². The second kappa shape index (κ2) is 5.38. The Bertz CT molecular complexity index is 615. The van der Waals surface area contributed by atoms with Crippen LogP contribution in [0.1, 0.15) is 24.8 Å². The Kier molecular flexibility index (Phi) is 3.43. The van der Waals surface area contributed by atoms with Crippen molar-refractivity contribution in [3.8, 4) is 6.07 Å². The molecule has 1 atom stereocenters. The molecule has 0 aliphatic carbocycles. The zero-order valence-corrected chi connectivity index (χ0v) is 10.9. The molecule has 0 spiro atoms. The first-order chi connectivity index (χ1) is 9.36. The minimum atomic E-state index is 0.0818. The van der Waals surface area contributed by atoms with Crippen LogP contribution < -0.4 is 0 Å². The molecule has 2 heterocycles. The van der Waals surface area contributed by atoms with Gasteiger partial charge in [0.1, 0.15) is 0 Å². The van der Waals surface area contributed by atoms with Crippen molar-refractivity contribution in [3.05, 3.63) is 42.1 Å². The lowest BCUT2D eigenvalue weighted by molar-refractivity contribution is 0.176. The molecule has 2 aromatic rings. The first-order valence-electron chi connectivity index (χ1n) is 6.84. The number of nitriles is 1. The largest absolute Gasteiger partial charge is 0.284 e. The average molecular weight is 251 g/mol. The summed E-state index contributed by atoms with van der Waals surface area (Å²) >= 11 is 0. The number of hydrogen-bond acceptors (Lipinski definition) is 3. The molecule has 1 saturated heterocycles. The highest BCUT2D eigenvalue weighted by atomic mass is 15.2. The summed E-state index contributed by atoms with van der Waals surface area (Å²) in [7, 11) is 0. The summed E-state index contributed by atoms with van der Waals surface area (Å²) in [5.74, 6) is 0. The molecule has 3 rings (SSSR count). The van der Waals surface area contributed by atoms with Gasteiger partial charge in [-0.2, -0.15) is 5.26 Å². The van der Waals surface area contributed by atoms with Gasteiger partial charge in [-0.1, -0.05) is 12.1 Å². The maximum Gasteiger partial charge on any atom is 0.0980 e. The van der Waals surface area contributed by atoms with Crippen LogP contribution in [0.3, 0.4) is 0 Å². The number of fused-ring (bicyclic) bond motifs is 1. The fourth-order valence-electron chi connectivity index (χ4n) is 2.78. The van der Waals surface area contributed by atoms with Crippen LogP contribution in [0.2, 0.25) is 0 Å². The zero-order valence-electron chi connectivity index (χ0n) is 10.9. The van der Waals surface area contributed by atoms with E-state index in [9.17, 15) is 5.26 Å². The van der Waals surface area contributed by atoms with E-state index in [1.165, 1.54) is 23.8 Å². The summed E-state index contributed by atoms with van der Waals surface area (Å²) in [5, 5.41) is 10.4. The molecule has 1 fully saturated rings. The predicted molar refractivity (Wildman–Crippen MR) is 75.4 cm³/mol. The SMILES string of the molecule is N#CC1CCCCN1Cc1ccc2ncccc2c1. The number of nitrogens with zero attached hydrogens (tertiary/aromatic N) is 3. The van der Waals surface area contributed by atoms with Crippen LogP contribution in [-0.2, 0) is 6.54 Å². The second-order valence-corrected chi connectivity index (χ2v) is 5.14. The van der Waals surface area contributed by atoms with Gasteiger partial charge in [0.2, 0.25) is 0 Å². The summed E-state index contributed by atoms with van der Waals surface area (Å²) in [4.78, 5) is 6.63. The van der Waals surface area contributed by atoms with Crippen molar-refractivity contribution in [1.82, 2.24) is 9.88 Å². The Morgan fingerprint density at radius 2 is 2.26 bits per heavy atom. The molecule has 19 heavy (non-hydrogen) atoms. The van der Waals surface area contributed by atoms with Gasteiger partial charge in [-0.05, 0) is 49.6 Å². The summed E-state index contributed by atoms with van der Waals surface area (Å²) in [5.41, 5.74) is 2.30. The summed E-state index contributed by atoms with van der Waals surface area (Å²) in [6, 6.07) is 12.9. The number of aromatic nitrogens is 1. The second-order valence-electron chi connectivity index (χ2n) is 5.14. The number of likely N-dealkylation sites (tertiary alicyclic amines) is 1. The molecule has 96 valence electrons. The fourth-order valence-corrected chi connectivity index (χ4v) is 2.78. The summed E-state index contributed by atoms with van der Waals surface area (Å²) in [6.07, 6.45) is 5.20. The van der Waals surface area contributed by atoms with E-state index in [1.54, 1.807) is 0 Å². The Morgan fingerprint density at radius 3 is 3.16 bits per heavy atom. The maximum absolute atomic E-state index is 9.21. The van der Waals surface area contributed by atoms with Crippen LogP contribution in [0.15, 0.2) is 36.5 Å². The van der Waals surface area contributed by atoms with Crippen molar-refractivity contribution in [3.63, 3.8) is 0 Å². The number of pyridine rings is 1. The molecule has 1 aliphatic heterocycles. The van der Waals surface area contributed by atoms with E-state index in [1.807, 2.05) is 12.3 Å². The monoisotopic (exact) mass is 251 g/mol. The van der Waals surface area contributed by atoms with E-state index >= 15 is 0 Å². The molecular formula is C16H17N3. The molecule has 3 nitrogen and oxygen atoms in total. The molecule has 0 N–H and O–H groups in total. The molecule has 1 unspecified atom stereocenters. The van der Waals surface area contributed by atoms with Crippen molar-refractivity contribution in [2.24, 2.45) is 0 Å². The lowest BCUT2D eigenvalue weighted by Gasteiger charge is -2.31. The molecular weight excluding hydrogens is 234 g/mol. The van der Waals surface area contributed by atoms with Crippen molar-refractivity contribution in [1.29, 1.82) is 5.26 Å². The van der Waals surface area contributed by atoms with Gasteiger partial charge >= 0.3 is 0 Å². The highest BCUT2D eigenvalue weighted by Gasteiger charge is 2.21. The minimum absolute atomic E-state index is 0.0818. The van der Waals surface area contributed by atoms with E-state index in [2.05, 4.69) is 40.2 Å². The Balaban J connectivity index is 1.82. The highest BCUT2D eigenvalue weighted by Crippen LogP contribution is 2.21. The molecule has 0 amide bonds. The van der Waals surface area contributed by atoms with Crippen molar-refractivity contribution in [2.45, 2.75) is 31.8 Å².